The molecule has 0 spiro atoms. The smallest absolute Gasteiger partial charge is 0.104 e. The molecule has 3 heteroatoms. The maximum absolute atomic E-state index is 8.94. The highest BCUT2D eigenvalue weighted by Crippen LogP contribution is 2.84. The van der Waals surface area contributed by atoms with Gasteiger partial charge in [0.15, 0.2) is 0 Å². The van der Waals surface area contributed by atoms with Crippen molar-refractivity contribution in [2.45, 2.75) is 70.3 Å². The molecule has 5 aliphatic rings. The van der Waals surface area contributed by atoms with E-state index in [0.29, 0.717) is 6.61 Å². The van der Waals surface area contributed by atoms with Crippen LogP contribution in [0.25, 0.3) is 0 Å². The zero-order valence-corrected chi connectivity index (χ0v) is 16.3. The van der Waals surface area contributed by atoms with Gasteiger partial charge in [0.25, 0.3) is 0 Å². The molecule has 5 fully saturated rings. The van der Waals surface area contributed by atoms with Crippen molar-refractivity contribution < 1.29 is 14.9 Å². The molecule has 5 rings (SSSR count). The zero-order valence-electron chi connectivity index (χ0n) is 16.3. The molecule has 3 nitrogen and oxygen atoms in total. The summed E-state index contributed by atoms with van der Waals surface area (Å²) in [6.07, 6.45) is 13.7. The standard InChI is InChI=1S/C23H38O3/c24-12-15(13-25)26-10-6-4-2-1-3-5-7-14-11-18-19(14)23-21-17-9-8-16(17)20(21)22(18)23/h14-25H,1-13H2. The molecule has 0 aromatic carbocycles. The molecule has 0 aromatic heterocycles. The molecule has 2 N–H and O–H groups in total. The molecular weight excluding hydrogens is 324 g/mol. The van der Waals surface area contributed by atoms with Crippen molar-refractivity contribution >= 4 is 0 Å². The Morgan fingerprint density at radius 3 is 2.00 bits per heavy atom. The van der Waals surface area contributed by atoms with E-state index in [-0.39, 0.29) is 19.3 Å². The van der Waals surface area contributed by atoms with Crippen molar-refractivity contribution in [2.24, 2.45) is 53.3 Å². The average molecular weight is 363 g/mol. The van der Waals surface area contributed by atoms with Gasteiger partial charge >= 0.3 is 0 Å². The SMILES string of the molecule is OCC(CO)OCCCCCCCCC1CC2C1C1C3C4CCC4C3C21. The van der Waals surface area contributed by atoms with Crippen molar-refractivity contribution in [3.05, 3.63) is 0 Å². The number of aliphatic hydroxyl groups excluding tert-OH is 2. The van der Waals surface area contributed by atoms with Crippen LogP contribution in [0.3, 0.4) is 0 Å². The normalized spacial score (nSPS) is 46.5. The number of fused-ring (bicyclic) bond motifs is 10. The fraction of sp³-hybridized carbons (Fsp3) is 1.00. The number of hydrogen-bond donors (Lipinski definition) is 2. The molecule has 0 radical (unpaired) electrons. The molecule has 5 saturated carbocycles. The van der Waals surface area contributed by atoms with Gasteiger partial charge in [-0.05, 0) is 78.9 Å². The Hall–Kier alpha value is -0.120. The van der Waals surface area contributed by atoms with Crippen LogP contribution in [-0.4, -0.2) is 36.1 Å². The Bertz CT molecular complexity index is 484. The van der Waals surface area contributed by atoms with Gasteiger partial charge in [-0.3, -0.25) is 0 Å². The minimum absolute atomic E-state index is 0.0796. The van der Waals surface area contributed by atoms with E-state index in [4.69, 9.17) is 14.9 Å². The van der Waals surface area contributed by atoms with Crippen LogP contribution in [0, 0.1) is 53.3 Å². The second kappa shape index (κ2) is 7.37. The Morgan fingerprint density at radius 1 is 0.692 bits per heavy atom. The highest BCUT2D eigenvalue weighted by atomic mass is 16.5. The van der Waals surface area contributed by atoms with Gasteiger partial charge in [-0.2, -0.15) is 0 Å². The van der Waals surface area contributed by atoms with Gasteiger partial charge in [0.05, 0.1) is 13.2 Å². The molecule has 5 aliphatic carbocycles. The third-order valence-electron chi connectivity index (χ3n) is 9.43. The molecule has 0 aromatic rings. The molecule has 26 heavy (non-hydrogen) atoms. The van der Waals surface area contributed by atoms with Crippen LogP contribution >= 0.6 is 0 Å². The zero-order chi connectivity index (χ0) is 17.7. The van der Waals surface area contributed by atoms with E-state index in [9.17, 15) is 0 Å². The van der Waals surface area contributed by atoms with Crippen LogP contribution in [0.2, 0.25) is 0 Å². The second-order valence-corrected chi connectivity index (χ2v) is 10.2. The fourth-order valence-corrected chi connectivity index (χ4v) is 8.09. The minimum Gasteiger partial charge on any atom is -0.394 e. The number of unbranched alkanes of at least 4 members (excludes halogenated alkanes) is 5. The van der Waals surface area contributed by atoms with Gasteiger partial charge in [0.2, 0.25) is 0 Å². The summed E-state index contributed by atoms with van der Waals surface area (Å²) in [6, 6.07) is 0. The van der Waals surface area contributed by atoms with Crippen molar-refractivity contribution in [1.82, 2.24) is 0 Å². The van der Waals surface area contributed by atoms with Gasteiger partial charge in [-0.1, -0.05) is 38.5 Å². The van der Waals surface area contributed by atoms with E-state index in [2.05, 4.69) is 0 Å². The van der Waals surface area contributed by atoms with E-state index in [0.717, 1.165) is 12.3 Å². The van der Waals surface area contributed by atoms with E-state index in [1.807, 2.05) is 0 Å². The lowest BCUT2D eigenvalue weighted by atomic mass is 9.20. The number of rotatable bonds is 12. The van der Waals surface area contributed by atoms with Crippen LogP contribution in [0.1, 0.15) is 64.2 Å². The summed E-state index contributed by atoms with van der Waals surface area (Å²) in [7, 11) is 0. The summed E-state index contributed by atoms with van der Waals surface area (Å²) in [6.45, 7) is 0.511. The average Bonchev–Trinajstić information content (AvgIpc) is 2.62. The van der Waals surface area contributed by atoms with Crippen LogP contribution in [-0.2, 0) is 4.74 Å². The van der Waals surface area contributed by atoms with Crippen molar-refractivity contribution in [1.29, 1.82) is 0 Å². The van der Waals surface area contributed by atoms with Crippen LogP contribution in [0.5, 0.6) is 0 Å². The largest absolute Gasteiger partial charge is 0.394 e. The summed E-state index contributed by atoms with van der Waals surface area (Å²) in [5, 5.41) is 17.9. The first-order valence-electron chi connectivity index (χ1n) is 11.7. The Kier molecular flexibility index (Phi) is 5.09. The van der Waals surface area contributed by atoms with Crippen LogP contribution in [0.4, 0.5) is 0 Å². The lowest BCUT2D eigenvalue weighted by Gasteiger charge is -2.85. The van der Waals surface area contributed by atoms with E-state index < -0.39 is 0 Å². The summed E-state index contributed by atoms with van der Waals surface area (Å²) in [5.74, 6) is 10.8. The summed E-state index contributed by atoms with van der Waals surface area (Å²) in [4.78, 5) is 0. The van der Waals surface area contributed by atoms with Crippen molar-refractivity contribution in [3.8, 4) is 0 Å². The first-order valence-corrected chi connectivity index (χ1v) is 11.7. The molecule has 148 valence electrons. The van der Waals surface area contributed by atoms with Crippen LogP contribution < -0.4 is 0 Å². The second-order valence-electron chi connectivity index (χ2n) is 10.2. The van der Waals surface area contributed by atoms with E-state index in [1.54, 1.807) is 19.3 Å². The fourth-order valence-electron chi connectivity index (χ4n) is 8.09. The third-order valence-corrected chi connectivity index (χ3v) is 9.43. The lowest BCUT2D eigenvalue weighted by molar-refractivity contribution is -0.375. The van der Waals surface area contributed by atoms with Gasteiger partial charge in [0.1, 0.15) is 6.10 Å². The lowest BCUT2D eigenvalue weighted by Crippen LogP contribution is -2.80. The molecule has 9 unspecified atom stereocenters. The number of aliphatic hydroxyl groups is 2. The van der Waals surface area contributed by atoms with Gasteiger partial charge in [-0.25, -0.2) is 0 Å². The monoisotopic (exact) mass is 362 g/mol. The number of hydrogen-bond acceptors (Lipinski definition) is 3. The summed E-state index contributed by atoms with van der Waals surface area (Å²) < 4.78 is 5.41. The maximum Gasteiger partial charge on any atom is 0.104 e. The van der Waals surface area contributed by atoms with E-state index in [1.165, 1.54) is 85.9 Å². The molecular formula is C23H38O3. The Morgan fingerprint density at radius 2 is 1.31 bits per heavy atom. The topological polar surface area (TPSA) is 49.7 Å². The van der Waals surface area contributed by atoms with Crippen molar-refractivity contribution in [2.75, 3.05) is 19.8 Å². The molecule has 9 atom stereocenters. The molecule has 0 aliphatic heterocycles. The first-order chi connectivity index (χ1) is 12.8. The molecule has 0 bridgehead atoms. The minimum atomic E-state index is -0.381. The summed E-state index contributed by atoms with van der Waals surface area (Å²) >= 11 is 0. The van der Waals surface area contributed by atoms with Gasteiger partial charge < -0.3 is 14.9 Å². The Labute approximate surface area is 158 Å². The third kappa shape index (κ3) is 2.63. The predicted molar refractivity (Wildman–Crippen MR) is 101 cm³/mol. The predicted octanol–water partition coefficient (Wildman–Crippen LogP) is 3.87. The maximum atomic E-state index is 8.94. The molecule has 0 amide bonds. The highest BCUT2D eigenvalue weighted by molar-refractivity contribution is 5.26. The summed E-state index contributed by atoms with van der Waals surface area (Å²) in [5.41, 5.74) is 0. The van der Waals surface area contributed by atoms with Crippen molar-refractivity contribution in [3.63, 3.8) is 0 Å². The molecule has 0 saturated heterocycles. The van der Waals surface area contributed by atoms with Gasteiger partial charge in [0, 0.05) is 6.61 Å². The molecule has 0 heterocycles. The van der Waals surface area contributed by atoms with E-state index >= 15 is 0 Å². The Balaban J connectivity index is 0.889. The number of ether oxygens (including phenoxy) is 1. The van der Waals surface area contributed by atoms with Gasteiger partial charge in [-0.15, -0.1) is 0 Å². The first kappa shape index (κ1) is 17.9. The quantitative estimate of drug-likeness (QED) is 0.409. The van der Waals surface area contributed by atoms with Crippen LogP contribution in [0.15, 0.2) is 0 Å². The highest BCUT2D eigenvalue weighted by Gasteiger charge is 2.79.